The summed E-state index contributed by atoms with van der Waals surface area (Å²) in [4.78, 5) is 17.1. The highest BCUT2D eigenvalue weighted by molar-refractivity contribution is 7.22. The molecule has 136 valence electrons. The Labute approximate surface area is 158 Å². The fraction of sp³-hybridized carbons (Fsp3) is 0.167. The van der Waals surface area contributed by atoms with Crippen molar-refractivity contribution in [3.8, 4) is 5.75 Å². The molecule has 0 atom stereocenters. The topological polar surface area (TPSA) is 94.8 Å². The molecule has 0 aliphatic carbocycles. The Morgan fingerprint density at radius 3 is 2.89 bits per heavy atom. The number of fused-ring (bicyclic) bond motifs is 1. The highest BCUT2D eigenvalue weighted by Crippen LogP contribution is 2.28. The summed E-state index contributed by atoms with van der Waals surface area (Å²) in [7, 11) is 1.74. The molecule has 0 bridgehead atoms. The van der Waals surface area contributed by atoms with Crippen LogP contribution in [0.25, 0.3) is 10.2 Å². The van der Waals surface area contributed by atoms with E-state index in [1.807, 2.05) is 25.1 Å². The Bertz CT molecular complexity index is 1120. The number of hydrogen-bond donors (Lipinski definition) is 1. The van der Waals surface area contributed by atoms with E-state index >= 15 is 0 Å². The van der Waals surface area contributed by atoms with Crippen LogP contribution in [0.4, 0.5) is 5.13 Å². The molecule has 9 heteroatoms. The number of carbonyl (C=O) groups excluding carboxylic acids is 1. The van der Waals surface area contributed by atoms with Gasteiger partial charge in [0, 0.05) is 12.6 Å². The zero-order valence-corrected chi connectivity index (χ0v) is 15.5. The van der Waals surface area contributed by atoms with Crippen LogP contribution in [0.5, 0.6) is 5.75 Å². The zero-order valence-electron chi connectivity index (χ0n) is 14.7. The highest BCUT2D eigenvalue weighted by Gasteiger charge is 2.12. The van der Waals surface area contributed by atoms with E-state index in [1.165, 1.54) is 16.0 Å². The molecule has 0 fully saturated rings. The number of tetrazole rings is 1. The van der Waals surface area contributed by atoms with Gasteiger partial charge in [0.05, 0.1) is 10.2 Å². The molecule has 1 N–H and O–H groups in total. The van der Waals surface area contributed by atoms with Crippen LogP contribution >= 0.6 is 11.3 Å². The van der Waals surface area contributed by atoms with Crippen molar-refractivity contribution in [1.29, 1.82) is 0 Å². The molecule has 4 rings (SSSR count). The first-order valence-electron chi connectivity index (χ1n) is 8.22. The van der Waals surface area contributed by atoms with Gasteiger partial charge in [0.1, 0.15) is 12.4 Å². The largest absolute Gasteiger partial charge is 0.486 e. The van der Waals surface area contributed by atoms with Crippen molar-refractivity contribution in [3.05, 3.63) is 59.4 Å². The molecule has 0 unspecified atom stereocenters. The summed E-state index contributed by atoms with van der Waals surface area (Å²) in [6.07, 6.45) is 0. The van der Waals surface area contributed by atoms with Crippen LogP contribution in [0.2, 0.25) is 0 Å². The number of benzene rings is 2. The monoisotopic (exact) mass is 380 g/mol. The van der Waals surface area contributed by atoms with E-state index in [0.717, 1.165) is 15.8 Å². The smallest absolute Gasteiger partial charge is 0.257 e. The predicted molar refractivity (Wildman–Crippen MR) is 102 cm³/mol. The molecular formula is C18H16N6O2S. The zero-order chi connectivity index (χ0) is 18.8. The minimum atomic E-state index is -0.238. The predicted octanol–water partition coefficient (Wildman–Crippen LogP) is 2.96. The first kappa shape index (κ1) is 17.1. The maximum atomic E-state index is 12.6. The van der Waals surface area contributed by atoms with Gasteiger partial charge >= 0.3 is 0 Å². The van der Waals surface area contributed by atoms with Crippen molar-refractivity contribution in [2.45, 2.75) is 13.5 Å². The Hall–Kier alpha value is -3.33. The van der Waals surface area contributed by atoms with E-state index < -0.39 is 0 Å². The molecule has 0 spiro atoms. The second-order valence-electron chi connectivity index (χ2n) is 5.93. The van der Waals surface area contributed by atoms with Crippen molar-refractivity contribution in [1.82, 2.24) is 25.2 Å². The normalized spacial score (nSPS) is 10.9. The summed E-state index contributed by atoms with van der Waals surface area (Å²) in [5.41, 5.74) is 2.48. The molecule has 1 amide bonds. The average molecular weight is 380 g/mol. The Balaban J connectivity index is 1.48. The van der Waals surface area contributed by atoms with Gasteiger partial charge in [0.2, 0.25) is 0 Å². The van der Waals surface area contributed by atoms with Crippen LogP contribution in [0.15, 0.2) is 42.5 Å². The standard InChI is InChI=1S/C18H16N6O2S/c1-11-5-3-8-14-16(11)19-18(27-14)20-17(25)12-6-4-7-13(9-12)26-10-15-21-22-23-24(15)2/h3-9H,10H2,1-2H3,(H,19,20,25). The van der Waals surface area contributed by atoms with Crippen LogP contribution in [-0.2, 0) is 13.7 Å². The van der Waals surface area contributed by atoms with E-state index in [9.17, 15) is 4.79 Å². The summed E-state index contributed by atoms with van der Waals surface area (Å²) in [6, 6.07) is 12.9. The minimum Gasteiger partial charge on any atom is -0.486 e. The summed E-state index contributed by atoms with van der Waals surface area (Å²) >= 11 is 1.45. The van der Waals surface area contributed by atoms with Crippen LogP contribution in [-0.4, -0.2) is 31.1 Å². The van der Waals surface area contributed by atoms with Gasteiger partial charge in [-0.3, -0.25) is 10.1 Å². The number of nitrogens with one attached hydrogen (secondary N) is 1. The first-order chi connectivity index (χ1) is 13.1. The number of aromatic nitrogens is 5. The number of ether oxygens (including phenoxy) is 1. The Morgan fingerprint density at radius 1 is 1.26 bits per heavy atom. The van der Waals surface area contributed by atoms with Gasteiger partial charge in [-0.25, -0.2) is 9.67 Å². The quantitative estimate of drug-likeness (QED) is 0.572. The second kappa shape index (κ2) is 7.12. The molecule has 0 radical (unpaired) electrons. The van der Waals surface area contributed by atoms with Crippen LogP contribution in [0.3, 0.4) is 0 Å². The van der Waals surface area contributed by atoms with E-state index in [-0.39, 0.29) is 12.5 Å². The number of aryl methyl sites for hydroxylation is 2. The third-order valence-electron chi connectivity index (χ3n) is 4.01. The molecule has 0 saturated carbocycles. The van der Waals surface area contributed by atoms with E-state index in [2.05, 4.69) is 25.8 Å². The number of nitrogens with zero attached hydrogens (tertiary/aromatic N) is 5. The molecule has 2 heterocycles. The molecule has 0 saturated heterocycles. The maximum absolute atomic E-state index is 12.6. The van der Waals surface area contributed by atoms with E-state index in [4.69, 9.17) is 4.74 Å². The number of anilines is 1. The molecule has 8 nitrogen and oxygen atoms in total. The lowest BCUT2D eigenvalue weighted by Gasteiger charge is -2.07. The van der Waals surface area contributed by atoms with Crippen molar-refractivity contribution >= 4 is 32.6 Å². The fourth-order valence-electron chi connectivity index (χ4n) is 2.55. The lowest BCUT2D eigenvalue weighted by Crippen LogP contribution is -2.12. The fourth-order valence-corrected chi connectivity index (χ4v) is 3.49. The Kier molecular flexibility index (Phi) is 4.51. The van der Waals surface area contributed by atoms with Crippen LogP contribution < -0.4 is 10.1 Å². The number of hydrogen-bond acceptors (Lipinski definition) is 7. The van der Waals surface area contributed by atoms with Crippen LogP contribution in [0.1, 0.15) is 21.7 Å². The summed E-state index contributed by atoms with van der Waals surface area (Å²) < 4.78 is 8.25. The van der Waals surface area contributed by atoms with Gasteiger partial charge in [-0.05, 0) is 47.2 Å². The van der Waals surface area contributed by atoms with Gasteiger partial charge in [0.25, 0.3) is 5.91 Å². The lowest BCUT2D eigenvalue weighted by molar-refractivity contribution is 0.102. The molecule has 0 aliphatic heterocycles. The van der Waals surface area contributed by atoms with Gasteiger partial charge in [-0.2, -0.15) is 0 Å². The average Bonchev–Trinajstić information content (AvgIpc) is 3.26. The molecule has 2 aromatic heterocycles. The molecular weight excluding hydrogens is 364 g/mol. The minimum absolute atomic E-state index is 0.214. The van der Waals surface area contributed by atoms with Gasteiger partial charge in [-0.15, -0.1) is 5.10 Å². The van der Waals surface area contributed by atoms with Crippen molar-refractivity contribution < 1.29 is 9.53 Å². The van der Waals surface area contributed by atoms with E-state index in [1.54, 1.807) is 31.3 Å². The SMILES string of the molecule is Cc1cccc2sc(NC(=O)c3cccc(OCc4nnnn4C)c3)nc12. The molecule has 2 aromatic carbocycles. The van der Waals surface area contributed by atoms with Gasteiger partial charge < -0.3 is 4.74 Å². The number of thiazole rings is 1. The third kappa shape index (κ3) is 3.63. The number of amides is 1. The van der Waals surface area contributed by atoms with Crippen molar-refractivity contribution in [2.24, 2.45) is 7.05 Å². The molecule has 0 aliphatic rings. The highest BCUT2D eigenvalue weighted by atomic mass is 32.1. The molecule has 27 heavy (non-hydrogen) atoms. The maximum Gasteiger partial charge on any atom is 0.257 e. The molecule has 4 aromatic rings. The van der Waals surface area contributed by atoms with Crippen molar-refractivity contribution in [3.63, 3.8) is 0 Å². The van der Waals surface area contributed by atoms with Gasteiger partial charge in [0.15, 0.2) is 11.0 Å². The Morgan fingerprint density at radius 2 is 2.11 bits per heavy atom. The summed E-state index contributed by atoms with van der Waals surface area (Å²) in [5, 5.41) is 14.6. The van der Waals surface area contributed by atoms with Crippen molar-refractivity contribution in [2.75, 3.05) is 5.32 Å². The summed E-state index contributed by atoms with van der Waals surface area (Å²) in [5.74, 6) is 0.915. The lowest BCUT2D eigenvalue weighted by atomic mass is 10.2. The number of carbonyl (C=O) groups is 1. The number of rotatable bonds is 5. The third-order valence-corrected chi connectivity index (χ3v) is 4.95. The first-order valence-corrected chi connectivity index (χ1v) is 9.03. The van der Waals surface area contributed by atoms with E-state index in [0.29, 0.717) is 22.3 Å². The van der Waals surface area contributed by atoms with Crippen LogP contribution in [0, 0.1) is 6.92 Å². The summed E-state index contributed by atoms with van der Waals surface area (Å²) in [6.45, 7) is 2.22. The number of para-hydroxylation sites is 1. The van der Waals surface area contributed by atoms with Gasteiger partial charge in [-0.1, -0.05) is 29.5 Å². The second-order valence-corrected chi connectivity index (χ2v) is 6.96.